The van der Waals surface area contributed by atoms with Crippen LogP contribution in [0.2, 0.25) is 0 Å². The number of anilines is 1. The fraction of sp³-hybridized carbons (Fsp3) is 0.600. The maximum atomic E-state index is 12.8. The van der Waals surface area contributed by atoms with Crippen molar-refractivity contribution in [3.63, 3.8) is 0 Å². The number of hydrogen-bond acceptors (Lipinski definition) is 4. The highest BCUT2D eigenvalue weighted by Gasteiger charge is 2.61. The van der Waals surface area contributed by atoms with E-state index in [1.165, 1.54) is 10.5 Å². The van der Waals surface area contributed by atoms with E-state index in [2.05, 4.69) is 26.0 Å². The Morgan fingerprint density at radius 1 is 0.966 bits per heavy atom. The van der Waals surface area contributed by atoms with Gasteiger partial charge in [0.25, 0.3) is 0 Å². The molecule has 154 valence electrons. The molecule has 0 saturated heterocycles. The monoisotopic (exact) mass is 409 g/mol. The third-order valence-electron chi connectivity index (χ3n) is 8.84. The number of nitrogens with two attached hydrogens (primary N) is 1. The second-order valence-corrected chi connectivity index (χ2v) is 11.5. The van der Waals surface area contributed by atoms with Gasteiger partial charge in [0, 0.05) is 34.1 Å². The van der Waals surface area contributed by atoms with Gasteiger partial charge in [0.15, 0.2) is 5.78 Å². The first kappa shape index (κ1) is 19.4. The molecule has 3 fully saturated rings. The Labute approximate surface area is 177 Å². The third-order valence-corrected chi connectivity index (χ3v) is 10.2. The molecular formula is C25H31NO2S. The lowest BCUT2D eigenvalue weighted by atomic mass is 9.47. The van der Waals surface area contributed by atoms with Crippen molar-refractivity contribution in [3.05, 3.63) is 35.9 Å². The molecule has 4 aliphatic carbocycles. The topological polar surface area (TPSA) is 60.2 Å². The average molecular weight is 410 g/mol. The van der Waals surface area contributed by atoms with E-state index in [0.717, 1.165) is 44.2 Å². The number of benzene rings is 1. The van der Waals surface area contributed by atoms with Crippen molar-refractivity contribution in [3.8, 4) is 0 Å². The molecule has 29 heavy (non-hydrogen) atoms. The van der Waals surface area contributed by atoms with Crippen molar-refractivity contribution in [1.29, 1.82) is 0 Å². The Bertz CT molecular complexity index is 891. The van der Waals surface area contributed by atoms with Gasteiger partial charge in [-0.15, -0.1) is 11.8 Å². The fourth-order valence-electron chi connectivity index (χ4n) is 7.11. The van der Waals surface area contributed by atoms with Crippen molar-refractivity contribution >= 4 is 29.0 Å². The van der Waals surface area contributed by atoms with Gasteiger partial charge in [-0.25, -0.2) is 0 Å². The molecule has 3 nitrogen and oxygen atoms in total. The standard InChI is InChI=1S/C25H31NO2S/c1-24-11-9-17(27)13-15(24)14-21(29-18-5-3-16(26)4-6-18)23-19-7-8-22(28)25(19,2)12-10-20(23)24/h3-6,13,19-21,23H,7-12,14,26H2,1-2H3/t19-,20-,21+,23?,24-,25-/m0/s1. The normalized spacial score (nSPS) is 41.4. The lowest BCUT2D eigenvalue weighted by Gasteiger charge is -2.59. The predicted octanol–water partition coefficient (Wildman–Crippen LogP) is 5.44. The van der Waals surface area contributed by atoms with Crippen LogP contribution < -0.4 is 5.73 Å². The molecule has 1 aromatic carbocycles. The molecule has 4 aliphatic rings. The number of fused-ring (bicyclic) bond motifs is 5. The first-order valence-corrected chi connectivity index (χ1v) is 12.0. The van der Waals surface area contributed by atoms with E-state index < -0.39 is 0 Å². The Kier molecular flexibility index (Phi) is 4.51. The molecule has 0 amide bonds. The van der Waals surface area contributed by atoms with Crippen LogP contribution in [0.4, 0.5) is 5.69 Å². The van der Waals surface area contributed by atoms with Crippen molar-refractivity contribution in [2.45, 2.75) is 68.9 Å². The van der Waals surface area contributed by atoms with Gasteiger partial charge in [-0.2, -0.15) is 0 Å². The summed E-state index contributed by atoms with van der Waals surface area (Å²) in [6.45, 7) is 4.65. The van der Waals surface area contributed by atoms with E-state index in [0.29, 0.717) is 41.0 Å². The smallest absolute Gasteiger partial charge is 0.155 e. The minimum absolute atomic E-state index is 0.129. The Morgan fingerprint density at radius 2 is 1.69 bits per heavy atom. The van der Waals surface area contributed by atoms with E-state index in [9.17, 15) is 9.59 Å². The molecule has 0 aliphatic heterocycles. The van der Waals surface area contributed by atoms with Crippen molar-refractivity contribution in [1.82, 2.24) is 0 Å². The zero-order chi connectivity index (χ0) is 20.4. The Balaban J connectivity index is 1.56. The maximum Gasteiger partial charge on any atom is 0.155 e. The lowest BCUT2D eigenvalue weighted by Crippen LogP contribution is -2.54. The predicted molar refractivity (Wildman–Crippen MR) is 118 cm³/mol. The van der Waals surface area contributed by atoms with E-state index in [4.69, 9.17) is 5.73 Å². The third kappa shape index (κ3) is 2.93. The summed E-state index contributed by atoms with van der Waals surface area (Å²) in [4.78, 5) is 26.3. The van der Waals surface area contributed by atoms with Crippen LogP contribution in [0.3, 0.4) is 0 Å². The van der Waals surface area contributed by atoms with E-state index in [-0.39, 0.29) is 10.8 Å². The van der Waals surface area contributed by atoms with E-state index >= 15 is 0 Å². The van der Waals surface area contributed by atoms with Crippen LogP contribution >= 0.6 is 11.8 Å². The molecule has 2 N–H and O–H groups in total. The Hall–Kier alpha value is -1.55. The zero-order valence-electron chi connectivity index (χ0n) is 17.4. The summed E-state index contributed by atoms with van der Waals surface area (Å²) in [5, 5.41) is 0.421. The van der Waals surface area contributed by atoms with Crippen LogP contribution in [0.15, 0.2) is 40.8 Å². The average Bonchev–Trinajstić information content (AvgIpc) is 3.00. The summed E-state index contributed by atoms with van der Waals surface area (Å²) in [5.74, 6) is 2.38. The van der Waals surface area contributed by atoms with Crippen LogP contribution in [-0.2, 0) is 9.59 Å². The van der Waals surface area contributed by atoms with Gasteiger partial charge < -0.3 is 5.73 Å². The van der Waals surface area contributed by atoms with Crippen LogP contribution in [0.1, 0.15) is 58.8 Å². The molecule has 0 heterocycles. The van der Waals surface area contributed by atoms with Gasteiger partial charge in [0.1, 0.15) is 5.78 Å². The van der Waals surface area contributed by atoms with Gasteiger partial charge in [-0.05, 0) is 85.6 Å². The lowest BCUT2D eigenvalue weighted by molar-refractivity contribution is -0.132. The van der Waals surface area contributed by atoms with Gasteiger partial charge in [0.2, 0.25) is 0 Å². The van der Waals surface area contributed by atoms with Crippen LogP contribution in [0, 0.1) is 28.6 Å². The molecule has 3 saturated carbocycles. The van der Waals surface area contributed by atoms with Crippen molar-refractivity contribution in [2.75, 3.05) is 5.73 Å². The largest absolute Gasteiger partial charge is 0.399 e. The first-order chi connectivity index (χ1) is 13.8. The molecule has 6 atom stereocenters. The van der Waals surface area contributed by atoms with E-state index in [1.54, 1.807) is 0 Å². The van der Waals surface area contributed by atoms with Crippen molar-refractivity contribution < 1.29 is 9.59 Å². The number of ketones is 2. The number of thioether (sulfide) groups is 1. The summed E-state index contributed by atoms with van der Waals surface area (Å²) in [5.41, 5.74) is 8.05. The molecule has 0 bridgehead atoms. The van der Waals surface area contributed by atoms with Crippen LogP contribution in [-0.4, -0.2) is 16.8 Å². The highest BCUT2D eigenvalue weighted by Crippen LogP contribution is 2.66. The highest BCUT2D eigenvalue weighted by molar-refractivity contribution is 8.00. The summed E-state index contributed by atoms with van der Waals surface area (Å²) >= 11 is 1.94. The zero-order valence-corrected chi connectivity index (χ0v) is 18.3. The fourth-order valence-corrected chi connectivity index (χ4v) is 8.56. The van der Waals surface area contributed by atoms with Crippen molar-refractivity contribution in [2.24, 2.45) is 28.6 Å². The minimum atomic E-state index is -0.136. The number of hydrogen-bond donors (Lipinski definition) is 1. The molecule has 1 unspecified atom stereocenters. The summed E-state index contributed by atoms with van der Waals surface area (Å²) in [6, 6.07) is 8.18. The number of nitrogen functional groups attached to an aromatic ring is 1. The molecule has 0 radical (unpaired) electrons. The highest BCUT2D eigenvalue weighted by atomic mass is 32.2. The van der Waals surface area contributed by atoms with Gasteiger partial charge in [-0.3, -0.25) is 9.59 Å². The molecule has 1 aromatic rings. The first-order valence-electron chi connectivity index (χ1n) is 11.1. The van der Waals surface area contributed by atoms with Gasteiger partial charge in [-0.1, -0.05) is 19.4 Å². The number of allylic oxidation sites excluding steroid dienone is 1. The molecule has 0 aromatic heterocycles. The molecule has 0 spiro atoms. The number of rotatable bonds is 2. The Morgan fingerprint density at radius 3 is 2.45 bits per heavy atom. The number of carbonyl (C=O) groups is 2. The molecular weight excluding hydrogens is 378 g/mol. The quantitative estimate of drug-likeness (QED) is 0.661. The molecule has 5 rings (SSSR count). The number of Topliss-reactive ketones (excluding diaryl/α,β-unsaturated/α-hetero) is 1. The number of carbonyl (C=O) groups excluding carboxylic acids is 2. The summed E-state index contributed by atoms with van der Waals surface area (Å²) in [6.07, 6.45) is 8.54. The summed E-state index contributed by atoms with van der Waals surface area (Å²) < 4.78 is 0. The van der Waals surface area contributed by atoms with Crippen LogP contribution in [0.5, 0.6) is 0 Å². The SMILES string of the molecule is C[C@]12CCC(=O)C=C1C[C@@H](Sc1ccc(N)cc1)C1[C@@H]2CC[C@]2(C)C(=O)CC[C@@H]12. The summed E-state index contributed by atoms with van der Waals surface area (Å²) in [7, 11) is 0. The van der Waals surface area contributed by atoms with Gasteiger partial charge >= 0.3 is 0 Å². The van der Waals surface area contributed by atoms with E-state index in [1.807, 2.05) is 30.0 Å². The second-order valence-electron chi connectivity index (χ2n) is 10.2. The second kappa shape index (κ2) is 6.73. The maximum absolute atomic E-state index is 12.8. The minimum Gasteiger partial charge on any atom is -0.399 e. The van der Waals surface area contributed by atoms with Crippen LogP contribution in [0.25, 0.3) is 0 Å². The molecule has 4 heteroatoms. The van der Waals surface area contributed by atoms with Gasteiger partial charge in [0.05, 0.1) is 0 Å².